The van der Waals surface area contributed by atoms with Crippen molar-refractivity contribution in [1.29, 1.82) is 0 Å². The molecule has 3 aromatic heterocycles. The molecule has 0 radical (unpaired) electrons. The first-order chi connectivity index (χ1) is 15.8. The van der Waals surface area contributed by atoms with Gasteiger partial charge in [0.25, 0.3) is 11.8 Å². The van der Waals surface area contributed by atoms with E-state index in [2.05, 4.69) is 35.8 Å². The van der Waals surface area contributed by atoms with Crippen LogP contribution in [0.4, 0.5) is 14.7 Å². The van der Waals surface area contributed by atoms with Gasteiger partial charge in [0.05, 0.1) is 36.3 Å². The van der Waals surface area contributed by atoms with E-state index in [1.807, 2.05) is 18.7 Å². The zero-order valence-electron chi connectivity index (χ0n) is 18.2. The molecule has 12 heteroatoms. The van der Waals surface area contributed by atoms with Crippen molar-refractivity contribution >= 4 is 11.9 Å². The van der Waals surface area contributed by atoms with Gasteiger partial charge in [-0.3, -0.25) is 9.89 Å². The number of aromatic nitrogens is 7. The van der Waals surface area contributed by atoms with E-state index in [1.54, 1.807) is 17.1 Å². The fourth-order valence-corrected chi connectivity index (χ4v) is 4.99. The number of hydrogen-bond acceptors (Lipinski definition) is 7. The lowest BCUT2D eigenvalue weighted by Gasteiger charge is -2.20. The van der Waals surface area contributed by atoms with Gasteiger partial charge in [-0.1, -0.05) is 5.21 Å². The summed E-state index contributed by atoms with van der Waals surface area (Å²) in [5.41, 5.74) is 4.88. The summed E-state index contributed by atoms with van der Waals surface area (Å²) in [6.45, 7) is 4.75. The molecule has 4 heterocycles. The predicted octanol–water partition coefficient (Wildman–Crippen LogP) is 1.57. The van der Waals surface area contributed by atoms with Crippen molar-refractivity contribution in [2.75, 3.05) is 18.0 Å². The first-order valence-electron chi connectivity index (χ1n) is 11.0. The second kappa shape index (κ2) is 7.03. The van der Waals surface area contributed by atoms with Gasteiger partial charge in [-0.15, -0.1) is 5.10 Å². The molecular formula is C21H23F2N9O. The Morgan fingerprint density at radius 1 is 1.30 bits per heavy atom. The monoisotopic (exact) mass is 455 g/mol. The molecule has 1 amide bonds. The van der Waals surface area contributed by atoms with Crippen LogP contribution in [-0.2, 0) is 13.0 Å². The molecule has 2 unspecified atom stereocenters. The lowest BCUT2D eigenvalue weighted by atomic mass is 10.2. The number of amides is 1. The molecule has 2 fully saturated rings. The maximum absolute atomic E-state index is 13.4. The molecule has 6 rings (SSSR count). The number of nitrogens with one attached hydrogen (secondary N) is 2. The Hall–Kier alpha value is -3.44. The third kappa shape index (κ3) is 3.26. The predicted molar refractivity (Wildman–Crippen MR) is 112 cm³/mol. The average molecular weight is 455 g/mol. The molecule has 33 heavy (non-hydrogen) atoms. The van der Waals surface area contributed by atoms with Gasteiger partial charge >= 0.3 is 0 Å². The minimum absolute atomic E-state index is 0.137. The van der Waals surface area contributed by atoms with E-state index in [0.29, 0.717) is 25.6 Å². The van der Waals surface area contributed by atoms with Crippen LogP contribution >= 0.6 is 0 Å². The Labute approximate surface area is 187 Å². The van der Waals surface area contributed by atoms with Gasteiger partial charge in [-0.25, -0.2) is 23.4 Å². The molecule has 1 saturated carbocycles. The summed E-state index contributed by atoms with van der Waals surface area (Å²) in [6, 6.07) is -0.137. The maximum Gasteiger partial charge on any atom is 0.274 e. The molecule has 0 bridgehead atoms. The number of hydrogen-bond donors (Lipinski definition) is 2. The molecule has 0 aromatic carbocycles. The Kier molecular flexibility index (Phi) is 4.30. The SMILES string of the molecule is Cc1nc(N2CC3C(C2)C3(F)F)ncc1Cn1cc(C(=O)N[C@@H]2CCc3c2n[nH]c3C)nn1. The van der Waals surface area contributed by atoms with Crippen LogP contribution < -0.4 is 10.2 Å². The fourth-order valence-electron chi connectivity index (χ4n) is 4.99. The van der Waals surface area contributed by atoms with Gasteiger partial charge in [-0.2, -0.15) is 5.10 Å². The van der Waals surface area contributed by atoms with Gasteiger partial charge in [0.15, 0.2) is 5.69 Å². The molecular weight excluding hydrogens is 432 g/mol. The number of carbonyl (C=O) groups excluding carboxylic acids is 1. The number of rotatable bonds is 5. The second-order valence-corrected chi connectivity index (χ2v) is 9.15. The molecule has 1 aliphatic heterocycles. The summed E-state index contributed by atoms with van der Waals surface area (Å²) >= 11 is 0. The van der Waals surface area contributed by atoms with E-state index in [-0.39, 0.29) is 17.6 Å². The number of halogens is 2. The van der Waals surface area contributed by atoms with Crippen LogP contribution in [0, 0.1) is 25.7 Å². The zero-order valence-corrected chi connectivity index (χ0v) is 18.2. The lowest BCUT2D eigenvalue weighted by molar-refractivity contribution is 0.0795. The number of alkyl halides is 2. The molecule has 10 nitrogen and oxygen atoms in total. The molecule has 3 aromatic rings. The molecule has 0 spiro atoms. The molecule has 3 atom stereocenters. The summed E-state index contributed by atoms with van der Waals surface area (Å²) < 4.78 is 28.4. The largest absolute Gasteiger partial charge is 0.342 e. The summed E-state index contributed by atoms with van der Waals surface area (Å²) in [5, 5.41) is 18.3. The molecule has 2 N–H and O–H groups in total. The van der Waals surface area contributed by atoms with E-state index >= 15 is 0 Å². The number of H-pyrrole nitrogens is 1. The molecule has 3 aliphatic rings. The van der Waals surface area contributed by atoms with Crippen molar-refractivity contribution in [3.05, 3.63) is 46.3 Å². The normalized spacial score (nSPS) is 24.6. The number of aromatic amines is 1. The van der Waals surface area contributed by atoms with E-state index in [4.69, 9.17) is 0 Å². The summed E-state index contributed by atoms with van der Waals surface area (Å²) in [4.78, 5) is 23.4. The summed E-state index contributed by atoms with van der Waals surface area (Å²) in [5.74, 6) is -3.50. The van der Waals surface area contributed by atoms with Gasteiger partial charge < -0.3 is 10.2 Å². The molecule has 172 valence electrons. The number of anilines is 1. The third-order valence-electron chi connectivity index (χ3n) is 7.08. The third-order valence-corrected chi connectivity index (χ3v) is 7.08. The van der Waals surface area contributed by atoms with Crippen LogP contribution in [0.15, 0.2) is 12.4 Å². The number of nitrogens with zero attached hydrogens (tertiary/aromatic N) is 7. The van der Waals surface area contributed by atoms with Crippen molar-refractivity contribution in [1.82, 2.24) is 40.5 Å². The van der Waals surface area contributed by atoms with Crippen LogP contribution in [0.25, 0.3) is 0 Å². The Morgan fingerprint density at radius 2 is 2.09 bits per heavy atom. The Morgan fingerprint density at radius 3 is 2.85 bits per heavy atom. The first kappa shape index (κ1) is 20.2. The Balaban J connectivity index is 1.10. The zero-order chi connectivity index (χ0) is 22.9. The van der Waals surface area contributed by atoms with Gasteiger partial charge in [0, 0.05) is 36.2 Å². The highest BCUT2D eigenvalue weighted by molar-refractivity contribution is 5.92. The number of piperidine rings is 1. The van der Waals surface area contributed by atoms with Crippen molar-refractivity contribution in [3.63, 3.8) is 0 Å². The highest BCUT2D eigenvalue weighted by Crippen LogP contribution is 2.59. The van der Waals surface area contributed by atoms with Crippen molar-refractivity contribution < 1.29 is 13.6 Å². The van der Waals surface area contributed by atoms with E-state index in [1.165, 1.54) is 5.56 Å². The van der Waals surface area contributed by atoms with Crippen molar-refractivity contribution in [3.8, 4) is 0 Å². The first-order valence-corrected chi connectivity index (χ1v) is 11.0. The van der Waals surface area contributed by atoms with E-state index in [0.717, 1.165) is 35.5 Å². The van der Waals surface area contributed by atoms with E-state index < -0.39 is 17.8 Å². The van der Waals surface area contributed by atoms with Crippen LogP contribution in [-0.4, -0.2) is 60.1 Å². The summed E-state index contributed by atoms with van der Waals surface area (Å²) in [7, 11) is 0. The topological polar surface area (TPSA) is 118 Å². The number of aryl methyl sites for hydroxylation is 2. The van der Waals surface area contributed by atoms with Crippen LogP contribution in [0.3, 0.4) is 0 Å². The quantitative estimate of drug-likeness (QED) is 0.600. The number of fused-ring (bicyclic) bond motifs is 2. The van der Waals surface area contributed by atoms with Gasteiger partial charge in [-0.05, 0) is 32.3 Å². The lowest BCUT2D eigenvalue weighted by Crippen LogP contribution is -2.29. The van der Waals surface area contributed by atoms with Crippen molar-refractivity contribution in [2.45, 2.75) is 45.2 Å². The highest BCUT2D eigenvalue weighted by Gasteiger charge is 2.72. The minimum Gasteiger partial charge on any atom is -0.342 e. The fraction of sp³-hybridized carbons (Fsp3) is 0.524. The van der Waals surface area contributed by atoms with Crippen LogP contribution in [0.5, 0.6) is 0 Å². The standard InChI is InChI=1S/C21H23F2N9O/c1-10-12(5-24-20(25-10)31-7-14-15(8-31)21(14,22)23)6-32-9-17(28-30-32)19(33)26-16-4-3-13-11(2)27-29-18(13)16/h5,9,14-16H,3-4,6-8H2,1-2H3,(H,26,33)(H,27,29)/t14?,15?,16-/m1/s1. The maximum atomic E-state index is 13.4. The highest BCUT2D eigenvalue weighted by atomic mass is 19.3. The van der Waals surface area contributed by atoms with Crippen LogP contribution in [0.1, 0.15) is 51.2 Å². The average Bonchev–Trinajstić information content (AvgIpc) is 3.41. The van der Waals surface area contributed by atoms with Gasteiger partial charge in [0.2, 0.25) is 5.95 Å². The minimum atomic E-state index is -2.53. The smallest absolute Gasteiger partial charge is 0.274 e. The second-order valence-electron chi connectivity index (χ2n) is 9.15. The van der Waals surface area contributed by atoms with E-state index in [9.17, 15) is 13.6 Å². The Bertz CT molecular complexity index is 1240. The number of carbonyl (C=O) groups is 1. The molecule has 1 saturated heterocycles. The summed E-state index contributed by atoms with van der Waals surface area (Å²) in [6.07, 6.45) is 4.96. The molecule has 2 aliphatic carbocycles. The van der Waals surface area contributed by atoms with Gasteiger partial charge in [0.1, 0.15) is 0 Å². The van der Waals surface area contributed by atoms with Crippen molar-refractivity contribution in [2.24, 2.45) is 11.8 Å². The van der Waals surface area contributed by atoms with Crippen LogP contribution in [0.2, 0.25) is 0 Å².